The predicted molar refractivity (Wildman–Crippen MR) is 61.7 cm³/mol. The van der Waals surface area contributed by atoms with Crippen molar-refractivity contribution in [3.63, 3.8) is 0 Å². The summed E-state index contributed by atoms with van der Waals surface area (Å²) in [5.41, 5.74) is 0.276. The van der Waals surface area contributed by atoms with Crippen LogP contribution in [0.4, 0.5) is 18.9 Å². The highest BCUT2D eigenvalue weighted by Gasteiger charge is 2.30. The third kappa shape index (κ3) is 2.93. The van der Waals surface area contributed by atoms with E-state index in [0.717, 1.165) is 43.8 Å². The van der Waals surface area contributed by atoms with E-state index in [2.05, 4.69) is 11.8 Å². The first-order chi connectivity index (χ1) is 7.97. The summed E-state index contributed by atoms with van der Waals surface area (Å²) in [6.45, 7) is 5.75. The maximum absolute atomic E-state index is 12.4. The molecular formula is C13H15F3N. The van der Waals surface area contributed by atoms with Crippen LogP contribution in [0, 0.1) is 12.8 Å². The highest BCUT2D eigenvalue weighted by Crippen LogP contribution is 2.31. The van der Waals surface area contributed by atoms with Crippen molar-refractivity contribution < 1.29 is 13.2 Å². The number of hydrogen-bond donors (Lipinski definition) is 0. The predicted octanol–water partition coefficient (Wildman–Crippen LogP) is 3.76. The zero-order valence-electron chi connectivity index (χ0n) is 9.50. The van der Waals surface area contributed by atoms with Gasteiger partial charge in [-0.3, -0.25) is 0 Å². The molecule has 0 spiro atoms. The first-order valence-electron chi connectivity index (χ1n) is 5.72. The van der Waals surface area contributed by atoms with Gasteiger partial charge in [-0.1, -0.05) is 6.92 Å². The molecule has 1 fully saturated rings. The van der Waals surface area contributed by atoms with Crippen LogP contribution < -0.4 is 4.90 Å². The van der Waals surface area contributed by atoms with Crippen molar-refractivity contribution in [1.29, 1.82) is 0 Å². The summed E-state index contributed by atoms with van der Waals surface area (Å²) in [4.78, 5) is 2.11. The Balaban J connectivity index is 2.08. The number of rotatable bonds is 1. The van der Waals surface area contributed by atoms with Crippen molar-refractivity contribution in [2.45, 2.75) is 19.0 Å². The molecule has 1 aromatic carbocycles. The zero-order chi connectivity index (χ0) is 12.5. The largest absolute Gasteiger partial charge is 0.416 e. The van der Waals surface area contributed by atoms with Crippen molar-refractivity contribution in [2.24, 2.45) is 5.92 Å². The standard InChI is InChI=1S/C13H15F3N/c1-10-6-8-17(9-7-10)12-4-2-11(3-5-12)13(14,15)16/h2-5,10H,1,6-9H2. The van der Waals surface area contributed by atoms with Gasteiger partial charge in [-0.15, -0.1) is 0 Å². The average molecular weight is 242 g/mol. The molecule has 1 saturated heterocycles. The molecule has 2 rings (SSSR count). The van der Waals surface area contributed by atoms with E-state index in [4.69, 9.17) is 0 Å². The van der Waals surface area contributed by atoms with E-state index < -0.39 is 11.7 Å². The molecule has 17 heavy (non-hydrogen) atoms. The van der Waals surface area contributed by atoms with Gasteiger partial charge in [0.15, 0.2) is 0 Å². The summed E-state index contributed by atoms with van der Waals surface area (Å²) >= 11 is 0. The van der Waals surface area contributed by atoms with Crippen LogP contribution in [0.25, 0.3) is 0 Å². The smallest absolute Gasteiger partial charge is 0.372 e. The molecule has 0 unspecified atom stereocenters. The van der Waals surface area contributed by atoms with Crippen LogP contribution in [0.1, 0.15) is 18.4 Å². The van der Waals surface area contributed by atoms with Crippen molar-refractivity contribution in [3.05, 3.63) is 36.8 Å². The van der Waals surface area contributed by atoms with Gasteiger partial charge in [0.05, 0.1) is 5.56 Å². The molecule has 1 heterocycles. The Morgan fingerprint density at radius 3 is 2.06 bits per heavy atom. The molecule has 0 aromatic heterocycles. The first kappa shape index (κ1) is 12.3. The summed E-state index contributed by atoms with van der Waals surface area (Å²) in [6.07, 6.45) is -2.25. The van der Waals surface area contributed by atoms with Crippen molar-refractivity contribution in [1.82, 2.24) is 0 Å². The van der Waals surface area contributed by atoms with E-state index in [9.17, 15) is 13.2 Å². The molecule has 0 N–H and O–H groups in total. The highest BCUT2D eigenvalue weighted by molar-refractivity contribution is 5.48. The first-order valence-corrected chi connectivity index (χ1v) is 5.72. The Labute approximate surface area is 99.2 Å². The van der Waals surface area contributed by atoms with E-state index in [0.29, 0.717) is 5.92 Å². The molecule has 0 saturated carbocycles. The van der Waals surface area contributed by atoms with Crippen LogP contribution in [-0.4, -0.2) is 13.1 Å². The van der Waals surface area contributed by atoms with Gasteiger partial charge in [-0.05, 0) is 43.0 Å². The quantitative estimate of drug-likeness (QED) is 0.724. The number of halogens is 3. The molecule has 93 valence electrons. The molecular weight excluding hydrogens is 227 g/mol. The van der Waals surface area contributed by atoms with Crippen LogP contribution in [-0.2, 0) is 6.18 Å². The second-order valence-electron chi connectivity index (χ2n) is 4.48. The molecule has 0 aliphatic carbocycles. The molecule has 1 radical (unpaired) electrons. The van der Waals surface area contributed by atoms with Gasteiger partial charge in [0, 0.05) is 18.8 Å². The van der Waals surface area contributed by atoms with Crippen LogP contribution >= 0.6 is 0 Å². The normalized spacial score (nSPS) is 18.5. The van der Waals surface area contributed by atoms with Gasteiger partial charge in [0.2, 0.25) is 0 Å². The Morgan fingerprint density at radius 2 is 1.59 bits per heavy atom. The fourth-order valence-electron chi connectivity index (χ4n) is 2.05. The van der Waals surface area contributed by atoms with Gasteiger partial charge >= 0.3 is 6.18 Å². The number of alkyl halides is 3. The SMILES string of the molecule is [CH2]C1CCN(c2ccc(C(F)(F)F)cc2)CC1. The summed E-state index contributed by atoms with van der Waals surface area (Å²) < 4.78 is 37.2. The molecule has 0 amide bonds. The van der Waals surface area contributed by atoms with Crippen molar-refractivity contribution in [3.8, 4) is 0 Å². The lowest BCUT2D eigenvalue weighted by atomic mass is 9.99. The van der Waals surface area contributed by atoms with Gasteiger partial charge in [-0.25, -0.2) is 0 Å². The number of anilines is 1. The summed E-state index contributed by atoms with van der Waals surface area (Å²) in [5.74, 6) is 0.473. The Bertz CT molecular complexity index is 361. The number of piperidine rings is 1. The summed E-state index contributed by atoms with van der Waals surface area (Å²) in [5, 5.41) is 0. The minimum atomic E-state index is -4.25. The Kier molecular flexibility index (Phi) is 3.31. The topological polar surface area (TPSA) is 3.24 Å². The van der Waals surface area contributed by atoms with E-state index in [-0.39, 0.29) is 0 Å². The summed E-state index contributed by atoms with van der Waals surface area (Å²) in [7, 11) is 0. The Hall–Kier alpha value is -1.19. The lowest BCUT2D eigenvalue weighted by molar-refractivity contribution is -0.137. The monoisotopic (exact) mass is 242 g/mol. The van der Waals surface area contributed by atoms with Crippen LogP contribution in [0.3, 0.4) is 0 Å². The number of nitrogens with zero attached hydrogens (tertiary/aromatic N) is 1. The van der Waals surface area contributed by atoms with E-state index in [1.54, 1.807) is 12.1 Å². The summed E-state index contributed by atoms with van der Waals surface area (Å²) in [6, 6.07) is 5.38. The maximum atomic E-state index is 12.4. The molecule has 1 nitrogen and oxygen atoms in total. The number of benzene rings is 1. The number of hydrogen-bond acceptors (Lipinski definition) is 1. The maximum Gasteiger partial charge on any atom is 0.416 e. The second-order valence-corrected chi connectivity index (χ2v) is 4.48. The molecule has 1 aromatic rings. The van der Waals surface area contributed by atoms with Gasteiger partial charge in [0.25, 0.3) is 0 Å². The fraction of sp³-hybridized carbons (Fsp3) is 0.462. The lowest BCUT2D eigenvalue weighted by Gasteiger charge is -2.32. The third-order valence-electron chi connectivity index (χ3n) is 3.17. The highest BCUT2D eigenvalue weighted by atomic mass is 19.4. The van der Waals surface area contributed by atoms with Crippen molar-refractivity contribution >= 4 is 5.69 Å². The molecule has 1 aliphatic heterocycles. The lowest BCUT2D eigenvalue weighted by Crippen LogP contribution is -2.32. The Morgan fingerprint density at radius 1 is 1.06 bits per heavy atom. The third-order valence-corrected chi connectivity index (χ3v) is 3.17. The minimum Gasteiger partial charge on any atom is -0.372 e. The van der Waals surface area contributed by atoms with Crippen LogP contribution in [0.2, 0.25) is 0 Å². The van der Waals surface area contributed by atoms with Gasteiger partial charge in [-0.2, -0.15) is 13.2 Å². The molecule has 1 aliphatic rings. The fourth-order valence-corrected chi connectivity index (χ4v) is 2.05. The van der Waals surface area contributed by atoms with E-state index in [1.165, 1.54) is 0 Å². The van der Waals surface area contributed by atoms with E-state index in [1.807, 2.05) is 0 Å². The average Bonchev–Trinajstić information content (AvgIpc) is 2.29. The minimum absolute atomic E-state index is 0.473. The van der Waals surface area contributed by atoms with Crippen LogP contribution in [0.5, 0.6) is 0 Å². The van der Waals surface area contributed by atoms with Gasteiger partial charge < -0.3 is 4.90 Å². The zero-order valence-corrected chi connectivity index (χ0v) is 9.50. The molecule has 0 atom stereocenters. The van der Waals surface area contributed by atoms with E-state index >= 15 is 0 Å². The van der Waals surface area contributed by atoms with Gasteiger partial charge in [0.1, 0.15) is 0 Å². The molecule has 4 heteroatoms. The van der Waals surface area contributed by atoms with Crippen molar-refractivity contribution in [2.75, 3.05) is 18.0 Å². The molecule has 0 bridgehead atoms. The second kappa shape index (κ2) is 4.59. The van der Waals surface area contributed by atoms with Crippen LogP contribution in [0.15, 0.2) is 24.3 Å².